The Labute approximate surface area is 106 Å². The Hall–Kier alpha value is -1.01. The Bertz CT molecular complexity index is 513. The van der Waals surface area contributed by atoms with Crippen LogP contribution in [0, 0.1) is 11.6 Å². The number of nitrogens with one attached hydrogen (secondary N) is 1. The van der Waals surface area contributed by atoms with Gasteiger partial charge < -0.3 is 5.32 Å². The first-order valence-corrected chi connectivity index (χ1v) is 7.25. The number of halogens is 2. The van der Waals surface area contributed by atoms with Gasteiger partial charge in [-0.2, -0.15) is 0 Å². The first kappa shape index (κ1) is 15.0. The summed E-state index contributed by atoms with van der Waals surface area (Å²) < 4.78 is 50.8. The van der Waals surface area contributed by atoms with E-state index in [0.29, 0.717) is 12.5 Å². The monoisotopic (exact) mass is 277 g/mol. The Morgan fingerprint density at radius 1 is 1.33 bits per heavy atom. The van der Waals surface area contributed by atoms with E-state index in [2.05, 4.69) is 5.32 Å². The smallest absolute Gasteiger partial charge is 0.185 e. The Balaban J connectivity index is 3.21. The standard InChI is InChI=1S/C12H17F2NO2S/c1-4-11(15-3)8(2)18(16,17)12-6-5-9(13)7-10(12)14/h5-8,11,15H,4H2,1-3H3. The third kappa shape index (κ3) is 2.87. The first-order chi connectivity index (χ1) is 8.34. The van der Waals surface area contributed by atoms with Gasteiger partial charge in [0.05, 0.1) is 5.25 Å². The van der Waals surface area contributed by atoms with Crippen molar-refractivity contribution in [3.63, 3.8) is 0 Å². The van der Waals surface area contributed by atoms with E-state index in [-0.39, 0.29) is 6.04 Å². The van der Waals surface area contributed by atoms with Crippen molar-refractivity contribution in [1.29, 1.82) is 0 Å². The molecule has 102 valence electrons. The van der Waals surface area contributed by atoms with Gasteiger partial charge in [-0.05, 0) is 32.5 Å². The van der Waals surface area contributed by atoms with Crippen LogP contribution in [-0.2, 0) is 9.84 Å². The van der Waals surface area contributed by atoms with Crippen molar-refractivity contribution in [3.8, 4) is 0 Å². The fourth-order valence-corrected chi connectivity index (χ4v) is 3.64. The van der Waals surface area contributed by atoms with Crippen molar-refractivity contribution >= 4 is 9.84 Å². The summed E-state index contributed by atoms with van der Waals surface area (Å²) in [7, 11) is -2.16. The number of sulfone groups is 1. The topological polar surface area (TPSA) is 46.2 Å². The van der Waals surface area contributed by atoms with Gasteiger partial charge in [0, 0.05) is 12.1 Å². The second-order valence-electron chi connectivity index (χ2n) is 4.13. The van der Waals surface area contributed by atoms with Crippen LogP contribution in [0.15, 0.2) is 23.1 Å². The molecule has 0 aliphatic carbocycles. The second-order valence-corrected chi connectivity index (χ2v) is 6.40. The van der Waals surface area contributed by atoms with Crippen molar-refractivity contribution in [2.75, 3.05) is 7.05 Å². The van der Waals surface area contributed by atoms with Crippen LogP contribution in [0.1, 0.15) is 20.3 Å². The van der Waals surface area contributed by atoms with Crippen LogP contribution < -0.4 is 5.32 Å². The molecule has 0 amide bonds. The fourth-order valence-electron chi connectivity index (χ4n) is 1.89. The van der Waals surface area contributed by atoms with E-state index in [4.69, 9.17) is 0 Å². The molecule has 0 aromatic heterocycles. The van der Waals surface area contributed by atoms with Crippen molar-refractivity contribution in [2.24, 2.45) is 0 Å². The average Bonchev–Trinajstić information content (AvgIpc) is 2.29. The van der Waals surface area contributed by atoms with Crippen molar-refractivity contribution in [3.05, 3.63) is 29.8 Å². The maximum absolute atomic E-state index is 13.5. The van der Waals surface area contributed by atoms with Crippen molar-refractivity contribution < 1.29 is 17.2 Å². The molecule has 1 aromatic rings. The van der Waals surface area contributed by atoms with E-state index in [1.807, 2.05) is 6.92 Å². The molecular weight excluding hydrogens is 260 g/mol. The van der Waals surface area contributed by atoms with Crippen molar-refractivity contribution in [1.82, 2.24) is 5.32 Å². The summed E-state index contributed by atoms with van der Waals surface area (Å²) in [5.41, 5.74) is 0. The minimum atomic E-state index is -3.81. The molecule has 0 radical (unpaired) electrons. The zero-order chi connectivity index (χ0) is 13.9. The molecule has 0 bridgehead atoms. The number of hydrogen-bond acceptors (Lipinski definition) is 3. The van der Waals surface area contributed by atoms with E-state index in [9.17, 15) is 17.2 Å². The molecule has 1 N–H and O–H groups in total. The largest absolute Gasteiger partial charge is 0.316 e. The van der Waals surface area contributed by atoms with Gasteiger partial charge in [-0.1, -0.05) is 6.92 Å². The molecule has 0 saturated carbocycles. The number of rotatable bonds is 5. The Kier molecular flexibility index (Phi) is 4.81. The van der Waals surface area contributed by atoms with E-state index < -0.39 is 31.6 Å². The van der Waals surface area contributed by atoms with Crippen molar-refractivity contribution in [2.45, 2.75) is 36.5 Å². The van der Waals surface area contributed by atoms with E-state index in [0.717, 1.165) is 12.1 Å². The zero-order valence-corrected chi connectivity index (χ0v) is 11.4. The maximum Gasteiger partial charge on any atom is 0.185 e. The van der Waals surface area contributed by atoms with Gasteiger partial charge in [0.2, 0.25) is 0 Å². The molecule has 0 heterocycles. The summed E-state index contributed by atoms with van der Waals surface area (Å²) in [4.78, 5) is -0.454. The fraction of sp³-hybridized carbons (Fsp3) is 0.500. The lowest BCUT2D eigenvalue weighted by atomic mass is 10.2. The van der Waals surface area contributed by atoms with E-state index >= 15 is 0 Å². The minimum absolute atomic E-state index is 0.278. The van der Waals surface area contributed by atoms with Gasteiger partial charge in [-0.15, -0.1) is 0 Å². The van der Waals surface area contributed by atoms with E-state index in [1.165, 1.54) is 6.92 Å². The van der Waals surface area contributed by atoms with Crippen LogP contribution in [0.3, 0.4) is 0 Å². The van der Waals surface area contributed by atoms with Crippen LogP contribution in [-0.4, -0.2) is 26.8 Å². The molecule has 0 aliphatic rings. The lowest BCUT2D eigenvalue weighted by Crippen LogP contribution is -2.40. The summed E-state index contributed by atoms with van der Waals surface area (Å²) in [6.07, 6.45) is 0.597. The molecule has 0 saturated heterocycles. The highest BCUT2D eigenvalue weighted by Gasteiger charge is 2.31. The lowest BCUT2D eigenvalue weighted by Gasteiger charge is -2.22. The van der Waals surface area contributed by atoms with Gasteiger partial charge in [0.25, 0.3) is 0 Å². The molecule has 2 atom stereocenters. The van der Waals surface area contributed by atoms with Crippen LogP contribution in [0.25, 0.3) is 0 Å². The SMILES string of the molecule is CCC(NC)C(C)S(=O)(=O)c1ccc(F)cc1F. The highest BCUT2D eigenvalue weighted by molar-refractivity contribution is 7.92. The Morgan fingerprint density at radius 3 is 2.39 bits per heavy atom. The summed E-state index contributed by atoms with van der Waals surface area (Å²) in [5.74, 6) is -1.84. The molecule has 0 aliphatic heterocycles. The predicted molar refractivity (Wildman–Crippen MR) is 66.1 cm³/mol. The summed E-state index contributed by atoms with van der Waals surface area (Å²) in [6, 6.07) is 2.22. The third-order valence-electron chi connectivity index (χ3n) is 3.07. The van der Waals surface area contributed by atoms with Gasteiger partial charge in [-0.25, -0.2) is 17.2 Å². The van der Waals surface area contributed by atoms with Crippen LogP contribution in [0.5, 0.6) is 0 Å². The number of hydrogen-bond donors (Lipinski definition) is 1. The molecule has 0 fully saturated rings. The molecule has 2 unspecified atom stereocenters. The highest BCUT2D eigenvalue weighted by Crippen LogP contribution is 2.22. The predicted octanol–water partition coefficient (Wildman–Crippen LogP) is 2.12. The first-order valence-electron chi connectivity index (χ1n) is 5.70. The summed E-state index contributed by atoms with van der Waals surface area (Å²) in [5, 5.41) is 2.10. The van der Waals surface area contributed by atoms with Gasteiger partial charge in [-0.3, -0.25) is 0 Å². The molecular formula is C12H17F2NO2S. The van der Waals surface area contributed by atoms with Crippen LogP contribution in [0.4, 0.5) is 8.78 Å². The van der Waals surface area contributed by atoms with Crippen LogP contribution >= 0.6 is 0 Å². The summed E-state index contributed by atoms with van der Waals surface area (Å²) in [6.45, 7) is 3.36. The highest BCUT2D eigenvalue weighted by atomic mass is 32.2. The zero-order valence-electron chi connectivity index (χ0n) is 10.6. The normalized spacial score (nSPS) is 15.4. The second kappa shape index (κ2) is 5.75. The van der Waals surface area contributed by atoms with Gasteiger partial charge in [0.1, 0.15) is 16.5 Å². The average molecular weight is 277 g/mol. The Morgan fingerprint density at radius 2 is 1.94 bits per heavy atom. The number of benzene rings is 1. The molecule has 18 heavy (non-hydrogen) atoms. The molecule has 1 rings (SSSR count). The minimum Gasteiger partial charge on any atom is -0.316 e. The van der Waals surface area contributed by atoms with Crippen LogP contribution in [0.2, 0.25) is 0 Å². The quantitative estimate of drug-likeness (QED) is 0.839. The molecule has 6 heteroatoms. The van der Waals surface area contributed by atoms with Gasteiger partial charge >= 0.3 is 0 Å². The van der Waals surface area contributed by atoms with Gasteiger partial charge in [0.15, 0.2) is 9.84 Å². The molecule has 1 aromatic carbocycles. The maximum atomic E-state index is 13.5. The molecule has 0 spiro atoms. The third-order valence-corrected chi connectivity index (χ3v) is 5.32. The lowest BCUT2D eigenvalue weighted by molar-refractivity contribution is 0.497. The molecule has 3 nitrogen and oxygen atoms in total. The van der Waals surface area contributed by atoms with E-state index in [1.54, 1.807) is 7.05 Å². The summed E-state index contributed by atoms with van der Waals surface area (Å²) >= 11 is 0.